The molecule has 0 saturated carbocycles. The van der Waals surface area contributed by atoms with Gasteiger partial charge in [-0.1, -0.05) is 12.1 Å². The molecule has 23 heavy (non-hydrogen) atoms. The highest BCUT2D eigenvalue weighted by Gasteiger charge is 2.15. The summed E-state index contributed by atoms with van der Waals surface area (Å²) in [5, 5.41) is 6.86. The third kappa shape index (κ3) is 5.58. The zero-order valence-corrected chi connectivity index (χ0v) is 13.6. The third-order valence-electron chi connectivity index (χ3n) is 2.94. The zero-order chi connectivity index (χ0) is 16.9. The van der Waals surface area contributed by atoms with Crippen LogP contribution in [-0.4, -0.2) is 33.8 Å². The Morgan fingerprint density at radius 1 is 1.22 bits per heavy atom. The maximum Gasteiger partial charge on any atom is 0.338 e. The van der Waals surface area contributed by atoms with Gasteiger partial charge in [-0.15, -0.1) is 0 Å². The first-order valence-electron chi connectivity index (χ1n) is 7.38. The van der Waals surface area contributed by atoms with Crippen LogP contribution in [0.3, 0.4) is 0 Å². The molecule has 0 aliphatic carbocycles. The molecule has 1 N–H and O–H groups in total. The van der Waals surface area contributed by atoms with Gasteiger partial charge < -0.3 is 10.1 Å². The SMILES string of the molecule is CC(C)(C)NC(=O)COC(=O)c1ccc(Cn2cccn2)cc1. The number of hydrogen-bond acceptors (Lipinski definition) is 4. The monoisotopic (exact) mass is 315 g/mol. The summed E-state index contributed by atoms with van der Waals surface area (Å²) in [5.41, 5.74) is 1.09. The summed E-state index contributed by atoms with van der Waals surface area (Å²) in [7, 11) is 0. The summed E-state index contributed by atoms with van der Waals surface area (Å²) in [6.45, 7) is 5.95. The van der Waals surface area contributed by atoms with E-state index >= 15 is 0 Å². The van der Waals surface area contributed by atoms with Gasteiger partial charge in [-0.2, -0.15) is 5.10 Å². The van der Waals surface area contributed by atoms with Gasteiger partial charge in [-0.05, 0) is 44.5 Å². The molecule has 0 atom stereocenters. The van der Waals surface area contributed by atoms with Crippen LogP contribution in [-0.2, 0) is 16.1 Å². The van der Waals surface area contributed by atoms with Crippen molar-refractivity contribution in [2.75, 3.05) is 6.61 Å². The van der Waals surface area contributed by atoms with Gasteiger partial charge in [0, 0.05) is 17.9 Å². The molecular weight excluding hydrogens is 294 g/mol. The first-order valence-corrected chi connectivity index (χ1v) is 7.38. The molecule has 1 amide bonds. The molecule has 6 heteroatoms. The lowest BCUT2D eigenvalue weighted by Crippen LogP contribution is -2.42. The van der Waals surface area contributed by atoms with Crippen LogP contribution >= 0.6 is 0 Å². The Morgan fingerprint density at radius 2 is 1.91 bits per heavy atom. The predicted octanol–water partition coefficient (Wildman–Crippen LogP) is 2.00. The Balaban J connectivity index is 1.86. The predicted molar refractivity (Wildman–Crippen MR) is 85.9 cm³/mol. The van der Waals surface area contributed by atoms with Crippen molar-refractivity contribution < 1.29 is 14.3 Å². The molecule has 2 aromatic rings. The highest BCUT2D eigenvalue weighted by molar-refractivity contribution is 5.91. The van der Waals surface area contributed by atoms with Crippen molar-refractivity contribution in [3.05, 3.63) is 53.9 Å². The summed E-state index contributed by atoms with van der Waals surface area (Å²) in [6.07, 6.45) is 3.59. The summed E-state index contributed by atoms with van der Waals surface area (Å²) < 4.78 is 6.81. The molecule has 1 heterocycles. The summed E-state index contributed by atoms with van der Waals surface area (Å²) in [5.74, 6) is -0.833. The fourth-order valence-corrected chi connectivity index (χ4v) is 2.00. The van der Waals surface area contributed by atoms with Gasteiger partial charge in [-0.25, -0.2) is 4.79 Å². The van der Waals surface area contributed by atoms with E-state index in [0.29, 0.717) is 12.1 Å². The number of carbonyl (C=O) groups is 2. The van der Waals surface area contributed by atoms with E-state index in [-0.39, 0.29) is 18.1 Å². The minimum atomic E-state index is -0.514. The highest BCUT2D eigenvalue weighted by Crippen LogP contribution is 2.08. The van der Waals surface area contributed by atoms with Crippen LogP contribution in [0.4, 0.5) is 0 Å². The number of esters is 1. The molecule has 2 rings (SSSR count). The van der Waals surface area contributed by atoms with Crippen LogP contribution in [0.25, 0.3) is 0 Å². The van der Waals surface area contributed by atoms with Crippen molar-refractivity contribution in [1.82, 2.24) is 15.1 Å². The summed E-state index contributed by atoms with van der Waals surface area (Å²) >= 11 is 0. The van der Waals surface area contributed by atoms with E-state index in [9.17, 15) is 9.59 Å². The zero-order valence-electron chi connectivity index (χ0n) is 13.6. The fraction of sp³-hybridized carbons (Fsp3) is 0.353. The minimum Gasteiger partial charge on any atom is -0.452 e. The van der Waals surface area contributed by atoms with Crippen LogP contribution in [0.15, 0.2) is 42.7 Å². The average Bonchev–Trinajstić information content (AvgIpc) is 2.97. The molecule has 0 bridgehead atoms. The number of amides is 1. The molecule has 122 valence electrons. The largest absolute Gasteiger partial charge is 0.452 e. The molecule has 0 aliphatic heterocycles. The number of rotatable bonds is 5. The number of nitrogens with one attached hydrogen (secondary N) is 1. The van der Waals surface area contributed by atoms with Crippen molar-refractivity contribution in [2.45, 2.75) is 32.9 Å². The summed E-state index contributed by atoms with van der Waals surface area (Å²) in [6, 6.07) is 8.90. The van der Waals surface area contributed by atoms with E-state index in [1.807, 2.05) is 45.2 Å². The van der Waals surface area contributed by atoms with E-state index in [1.165, 1.54) is 0 Å². The second-order valence-corrected chi connectivity index (χ2v) is 6.27. The van der Waals surface area contributed by atoms with Crippen LogP contribution in [0.2, 0.25) is 0 Å². The van der Waals surface area contributed by atoms with Crippen LogP contribution in [0, 0.1) is 0 Å². The highest BCUT2D eigenvalue weighted by atomic mass is 16.5. The molecular formula is C17H21N3O3. The van der Waals surface area contributed by atoms with Crippen molar-refractivity contribution in [3.8, 4) is 0 Å². The van der Waals surface area contributed by atoms with Crippen molar-refractivity contribution in [3.63, 3.8) is 0 Å². The molecule has 0 saturated heterocycles. The Kier molecular flexibility index (Phi) is 5.16. The van der Waals surface area contributed by atoms with E-state index in [1.54, 1.807) is 23.0 Å². The molecule has 6 nitrogen and oxygen atoms in total. The van der Waals surface area contributed by atoms with Gasteiger partial charge in [0.05, 0.1) is 12.1 Å². The second-order valence-electron chi connectivity index (χ2n) is 6.27. The minimum absolute atomic E-state index is 0.287. The average molecular weight is 315 g/mol. The summed E-state index contributed by atoms with van der Waals surface area (Å²) in [4.78, 5) is 23.6. The molecule has 0 unspecified atom stereocenters. The number of ether oxygens (including phenoxy) is 1. The van der Waals surface area contributed by atoms with Gasteiger partial charge in [-0.3, -0.25) is 9.48 Å². The first kappa shape index (κ1) is 16.7. The van der Waals surface area contributed by atoms with E-state index in [2.05, 4.69) is 10.4 Å². The van der Waals surface area contributed by atoms with Crippen LogP contribution in [0.1, 0.15) is 36.7 Å². The van der Waals surface area contributed by atoms with E-state index in [0.717, 1.165) is 5.56 Å². The quantitative estimate of drug-likeness (QED) is 0.857. The Bertz CT molecular complexity index is 655. The van der Waals surface area contributed by atoms with Gasteiger partial charge in [0.15, 0.2) is 6.61 Å². The van der Waals surface area contributed by atoms with Gasteiger partial charge >= 0.3 is 5.97 Å². The maximum absolute atomic E-state index is 11.9. The topological polar surface area (TPSA) is 73.2 Å². The van der Waals surface area contributed by atoms with Crippen molar-refractivity contribution >= 4 is 11.9 Å². The van der Waals surface area contributed by atoms with Gasteiger partial charge in [0.2, 0.25) is 0 Å². The van der Waals surface area contributed by atoms with Crippen molar-refractivity contribution in [2.24, 2.45) is 0 Å². The molecule has 0 aliphatic rings. The number of nitrogens with zero attached hydrogens (tertiary/aromatic N) is 2. The fourth-order valence-electron chi connectivity index (χ4n) is 2.00. The van der Waals surface area contributed by atoms with Gasteiger partial charge in [0.1, 0.15) is 0 Å². The normalized spacial score (nSPS) is 11.1. The standard InChI is InChI=1S/C17H21N3O3/c1-17(2,3)19-15(21)12-23-16(22)14-7-5-13(6-8-14)11-20-10-4-9-18-20/h4-10H,11-12H2,1-3H3,(H,19,21). The van der Waals surface area contributed by atoms with E-state index in [4.69, 9.17) is 4.74 Å². The van der Waals surface area contributed by atoms with Gasteiger partial charge in [0.25, 0.3) is 5.91 Å². The lowest BCUT2D eigenvalue weighted by Gasteiger charge is -2.20. The molecule has 0 radical (unpaired) electrons. The third-order valence-corrected chi connectivity index (χ3v) is 2.94. The lowest BCUT2D eigenvalue weighted by molar-refractivity contribution is -0.125. The molecule has 0 spiro atoms. The Labute approximate surface area is 135 Å². The van der Waals surface area contributed by atoms with Crippen LogP contribution in [0.5, 0.6) is 0 Å². The Hall–Kier alpha value is -2.63. The van der Waals surface area contributed by atoms with E-state index < -0.39 is 5.97 Å². The van der Waals surface area contributed by atoms with Crippen molar-refractivity contribution in [1.29, 1.82) is 0 Å². The number of aromatic nitrogens is 2. The number of hydrogen-bond donors (Lipinski definition) is 1. The van der Waals surface area contributed by atoms with Crippen LogP contribution < -0.4 is 5.32 Å². The Morgan fingerprint density at radius 3 is 2.48 bits per heavy atom. The maximum atomic E-state index is 11.9. The number of benzene rings is 1. The molecule has 0 fully saturated rings. The lowest BCUT2D eigenvalue weighted by atomic mass is 10.1. The second kappa shape index (κ2) is 7.09. The first-order chi connectivity index (χ1) is 10.8. The molecule has 1 aromatic heterocycles. The smallest absolute Gasteiger partial charge is 0.338 e. The molecule has 1 aromatic carbocycles. The number of carbonyl (C=O) groups excluding carboxylic acids is 2.